The predicted molar refractivity (Wildman–Crippen MR) is 146 cm³/mol. The number of carbonyl (C=O) groups is 1. The van der Waals surface area contributed by atoms with Crippen LogP contribution in [-0.2, 0) is 10.0 Å². The molecule has 0 bridgehead atoms. The molecule has 1 rings (SSSR count). The van der Waals surface area contributed by atoms with E-state index in [4.69, 9.17) is 0 Å². The number of amides is 2. The van der Waals surface area contributed by atoms with Crippen molar-refractivity contribution in [2.45, 2.75) is 130 Å². The molecule has 2 N–H and O–H groups in total. The fourth-order valence-corrected chi connectivity index (χ4v) is 5.36. The quantitative estimate of drug-likeness (QED) is 0.201. The number of anilines is 1. The molecule has 0 atom stereocenters. The van der Waals surface area contributed by atoms with Gasteiger partial charge in [-0.1, -0.05) is 130 Å². The highest BCUT2D eigenvalue weighted by Gasteiger charge is 2.19. The Kier molecular flexibility index (Phi) is 15.2. The molecule has 1 aromatic rings. The highest BCUT2D eigenvalue weighted by atomic mass is 32.2. The van der Waals surface area contributed by atoms with E-state index in [-0.39, 0.29) is 17.6 Å². The van der Waals surface area contributed by atoms with Crippen LogP contribution in [-0.4, -0.2) is 20.2 Å². The molecule has 196 valence electrons. The number of hydrogen-bond acceptors (Lipinski definition) is 3. The molecular formula is C28H50N2O3S. The third-order valence-electron chi connectivity index (χ3n) is 6.38. The molecule has 5 nitrogen and oxygen atoms in total. The maximum Gasteiger partial charge on any atom is 0.332 e. The van der Waals surface area contributed by atoms with Gasteiger partial charge in [0.05, 0.1) is 5.75 Å². The summed E-state index contributed by atoms with van der Waals surface area (Å²) in [6, 6.07) is 5.27. The van der Waals surface area contributed by atoms with Crippen LogP contribution in [0.4, 0.5) is 10.5 Å². The number of hydrogen-bond donors (Lipinski definition) is 2. The van der Waals surface area contributed by atoms with E-state index in [2.05, 4.69) is 44.7 Å². The van der Waals surface area contributed by atoms with Crippen molar-refractivity contribution in [3.8, 4) is 0 Å². The Labute approximate surface area is 209 Å². The Morgan fingerprint density at radius 2 is 1.15 bits per heavy atom. The van der Waals surface area contributed by atoms with Crippen molar-refractivity contribution < 1.29 is 13.2 Å². The fraction of sp³-hybridized carbons (Fsp3) is 0.750. The Hall–Kier alpha value is -1.56. The molecule has 0 aromatic heterocycles. The van der Waals surface area contributed by atoms with E-state index < -0.39 is 16.1 Å². The van der Waals surface area contributed by atoms with Crippen LogP contribution in [0.5, 0.6) is 0 Å². The van der Waals surface area contributed by atoms with Crippen LogP contribution >= 0.6 is 0 Å². The molecule has 0 fully saturated rings. The van der Waals surface area contributed by atoms with E-state index >= 15 is 0 Å². The smallest absolute Gasteiger partial charge is 0.307 e. The molecule has 2 amide bonds. The number of rotatable bonds is 18. The Morgan fingerprint density at radius 3 is 1.56 bits per heavy atom. The van der Waals surface area contributed by atoms with Crippen molar-refractivity contribution in [1.82, 2.24) is 4.72 Å². The zero-order chi connectivity index (χ0) is 25.4. The summed E-state index contributed by atoms with van der Waals surface area (Å²) in [6.07, 6.45) is 15.6. The molecule has 1 aromatic carbocycles. The highest BCUT2D eigenvalue weighted by molar-refractivity contribution is 7.90. The minimum atomic E-state index is -3.64. The lowest BCUT2D eigenvalue weighted by Crippen LogP contribution is -2.36. The lowest BCUT2D eigenvalue weighted by Gasteiger charge is -2.20. The molecule has 0 aliphatic heterocycles. The molecule has 0 aliphatic rings. The predicted octanol–water partition coefficient (Wildman–Crippen LogP) is 8.48. The maximum atomic E-state index is 12.5. The van der Waals surface area contributed by atoms with E-state index in [1.54, 1.807) is 0 Å². The lowest BCUT2D eigenvalue weighted by molar-refractivity contribution is 0.256. The number of urea groups is 1. The van der Waals surface area contributed by atoms with Crippen molar-refractivity contribution in [3.05, 3.63) is 29.3 Å². The second-order valence-electron chi connectivity index (χ2n) is 10.2. The summed E-state index contributed by atoms with van der Waals surface area (Å²) >= 11 is 0. The van der Waals surface area contributed by atoms with E-state index in [1.807, 2.05) is 18.2 Å². The zero-order valence-corrected chi connectivity index (χ0v) is 23.2. The summed E-state index contributed by atoms with van der Waals surface area (Å²) in [5, 5.41) is 2.82. The number of benzene rings is 1. The SMILES string of the molecule is CCCCCCCCCCCCCCCS(=O)(=O)NC(=O)Nc1c(C(C)C)cccc1C(C)C. The number of para-hydroxylation sites is 1. The summed E-state index contributed by atoms with van der Waals surface area (Å²) in [6.45, 7) is 10.5. The van der Waals surface area contributed by atoms with Gasteiger partial charge in [-0.3, -0.25) is 0 Å². The first-order chi connectivity index (χ1) is 16.2. The Bertz CT molecular complexity index is 778. The van der Waals surface area contributed by atoms with Crippen LogP contribution in [0, 0.1) is 0 Å². The number of unbranched alkanes of at least 4 members (excludes halogenated alkanes) is 12. The third kappa shape index (κ3) is 12.8. The van der Waals surface area contributed by atoms with Crippen molar-refractivity contribution >= 4 is 21.7 Å². The second-order valence-corrected chi connectivity index (χ2v) is 12.1. The van der Waals surface area contributed by atoms with Gasteiger partial charge in [-0.25, -0.2) is 17.9 Å². The van der Waals surface area contributed by atoms with Gasteiger partial charge >= 0.3 is 6.03 Å². The van der Waals surface area contributed by atoms with E-state index in [1.165, 1.54) is 57.8 Å². The monoisotopic (exact) mass is 494 g/mol. The minimum absolute atomic E-state index is 0.0129. The largest absolute Gasteiger partial charge is 0.332 e. The van der Waals surface area contributed by atoms with Gasteiger partial charge in [-0.15, -0.1) is 0 Å². The van der Waals surface area contributed by atoms with Crippen molar-refractivity contribution in [1.29, 1.82) is 0 Å². The summed E-state index contributed by atoms with van der Waals surface area (Å²) < 4.78 is 27.0. The molecule has 34 heavy (non-hydrogen) atoms. The van der Waals surface area contributed by atoms with Crippen molar-refractivity contribution in [3.63, 3.8) is 0 Å². The Balaban J connectivity index is 2.30. The van der Waals surface area contributed by atoms with Crippen LogP contribution < -0.4 is 10.0 Å². The van der Waals surface area contributed by atoms with Gasteiger partial charge in [-0.05, 0) is 29.4 Å². The van der Waals surface area contributed by atoms with E-state index in [0.717, 1.165) is 36.1 Å². The van der Waals surface area contributed by atoms with Crippen LogP contribution in [0.1, 0.15) is 141 Å². The molecule has 6 heteroatoms. The standard InChI is InChI=1S/C28H50N2O3S/c1-6-7-8-9-10-11-12-13-14-15-16-17-18-22-34(32,33)30-28(31)29-27-25(23(2)3)20-19-21-26(27)24(4)5/h19-21,23-24H,6-18,22H2,1-5H3,(H2,29,30,31). The van der Waals surface area contributed by atoms with Crippen LogP contribution in [0.2, 0.25) is 0 Å². The number of sulfonamides is 1. The summed E-state index contributed by atoms with van der Waals surface area (Å²) in [7, 11) is -3.64. The summed E-state index contributed by atoms with van der Waals surface area (Å²) in [5.74, 6) is 0.425. The first-order valence-corrected chi connectivity index (χ1v) is 15.3. The topological polar surface area (TPSA) is 75.3 Å². The zero-order valence-electron chi connectivity index (χ0n) is 22.4. The average Bonchev–Trinajstić information content (AvgIpc) is 2.76. The third-order valence-corrected chi connectivity index (χ3v) is 7.70. The van der Waals surface area contributed by atoms with Crippen LogP contribution in [0.3, 0.4) is 0 Å². The first kappa shape index (κ1) is 30.5. The van der Waals surface area contributed by atoms with Crippen LogP contribution in [0.25, 0.3) is 0 Å². The van der Waals surface area contributed by atoms with Crippen molar-refractivity contribution in [2.24, 2.45) is 0 Å². The molecule has 0 saturated heterocycles. The highest BCUT2D eigenvalue weighted by Crippen LogP contribution is 2.32. The van der Waals surface area contributed by atoms with E-state index in [0.29, 0.717) is 6.42 Å². The van der Waals surface area contributed by atoms with Crippen molar-refractivity contribution in [2.75, 3.05) is 11.1 Å². The lowest BCUT2D eigenvalue weighted by atomic mass is 9.93. The van der Waals surface area contributed by atoms with Gasteiger partial charge in [0.15, 0.2) is 0 Å². The maximum absolute atomic E-state index is 12.5. The molecule has 0 radical (unpaired) electrons. The van der Waals surface area contributed by atoms with Gasteiger partial charge in [-0.2, -0.15) is 0 Å². The molecule has 0 unspecified atom stereocenters. The molecule has 0 saturated carbocycles. The average molecular weight is 495 g/mol. The van der Waals surface area contributed by atoms with Gasteiger partial charge in [0.1, 0.15) is 0 Å². The molecule has 0 aliphatic carbocycles. The van der Waals surface area contributed by atoms with Gasteiger partial charge < -0.3 is 5.32 Å². The molecule has 0 spiro atoms. The van der Waals surface area contributed by atoms with Crippen LogP contribution in [0.15, 0.2) is 18.2 Å². The number of nitrogens with one attached hydrogen (secondary N) is 2. The normalized spacial score (nSPS) is 11.9. The number of carbonyl (C=O) groups excluding carboxylic acids is 1. The fourth-order valence-electron chi connectivity index (χ4n) is 4.34. The Morgan fingerprint density at radius 1 is 0.735 bits per heavy atom. The summed E-state index contributed by atoms with van der Waals surface area (Å²) in [4.78, 5) is 12.5. The van der Waals surface area contributed by atoms with Gasteiger partial charge in [0.2, 0.25) is 10.0 Å². The van der Waals surface area contributed by atoms with Gasteiger partial charge in [0, 0.05) is 5.69 Å². The minimum Gasteiger partial charge on any atom is -0.307 e. The summed E-state index contributed by atoms with van der Waals surface area (Å²) in [5.41, 5.74) is 2.74. The second kappa shape index (κ2) is 17.0. The molecular weight excluding hydrogens is 444 g/mol. The van der Waals surface area contributed by atoms with E-state index in [9.17, 15) is 13.2 Å². The first-order valence-electron chi connectivity index (χ1n) is 13.6. The molecule has 0 heterocycles. The van der Waals surface area contributed by atoms with Gasteiger partial charge in [0.25, 0.3) is 0 Å².